The number of carbonyl (C=O) groups excluding carboxylic acids is 1. The molecule has 2 aliphatic rings. The molecule has 0 saturated carbocycles. The second-order valence-electron chi connectivity index (χ2n) is 9.45. The van der Waals surface area contributed by atoms with E-state index < -0.39 is 42.3 Å². The minimum atomic E-state index is -0.997. The number of methoxy groups -OCH3 is 3. The van der Waals surface area contributed by atoms with Crippen molar-refractivity contribution < 1.29 is 47.8 Å². The zero-order chi connectivity index (χ0) is 27.2. The number of carbonyl (C=O) groups is 1. The van der Waals surface area contributed by atoms with Crippen molar-refractivity contribution in [3.63, 3.8) is 0 Å². The molecular formula is C27H38O10. The van der Waals surface area contributed by atoms with Crippen molar-refractivity contribution in [3.8, 4) is 11.5 Å². The topological polar surface area (TPSA) is 111 Å². The Labute approximate surface area is 218 Å². The van der Waals surface area contributed by atoms with Crippen LogP contribution in [0, 0.1) is 5.92 Å². The Kier molecular flexibility index (Phi) is 10.1. The van der Waals surface area contributed by atoms with Crippen LogP contribution in [0.15, 0.2) is 30.4 Å². The summed E-state index contributed by atoms with van der Waals surface area (Å²) in [6.07, 6.45) is 3.24. The molecule has 0 radical (unpaired) electrons. The molecule has 10 heteroatoms. The Morgan fingerprint density at radius 1 is 0.973 bits per heavy atom. The molecule has 1 saturated heterocycles. The normalized spacial score (nSPS) is 29.7. The number of aliphatic hydroxyl groups is 1. The number of hydrogen-bond acceptors (Lipinski definition) is 10. The Balaban J connectivity index is 2.17. The summed E-state index contributed by atoms with van der Waals surface area (Å²) in [6, 6.07) is 3.30. The van der Waals surface area contributed by atoms with E-state index >= 15 is 0 Å². The number of ether oxygens (including phenoxy) is 8. The molecule has 2 aliphatic heterocycles. The fraction of sp³-hybridized carbons (Fsp3) is 0.593. The largest absolute Gasteiger partial charge is 0.497 e. The summed E-state index contributed by atoms with van der Waals surface area (Å²) in [5.41, 5.74) is 0.685. The Morgan fingerprint density at radius 2 is 1.68 bits per heavy atom. The van der Waals surface area contributed by atoms with Crippen molar-refractivity contribution in [1.29, 1.82) is 0 Å². The van der Waals surface area contributed by atoms with E-state index in [0.717, 1.165) is 0 Å². The number of cyclic esters (lactones) is 1. The van der Waals surface area contributed by atoms with Gasteiger partial charge in [0.15, 0.2) is 12.6 Å². The number of esters is 1. The monoisotopic (exact) mass is 522 g/mol. The maximum absolute atomic E-state index is 13.4. The summed E-state index contributed by atoms with van der Waals surface area (Å²) in [5, 5.41) is 11.0. The van der Waals surface area contributed by atoms with Gasteiger partial charge in [0.1, 0.15) is 54.4 Å². The van der Waals surface area contributed by atoms with Crippen molar-refractivity contribution in [2.45, 2.75) is 64.0 Å². The predicted molar refractivity (Wildman–Crippen MR) is 134 cm³/mol. The van der Waals surface area contributed by atoms with Gasteiger partial charge in [-0.2, -0.15) is 0 Å². The van der Waals surface area contributed by atoms with Crippen molar-refractivity contribution in [1.82, 2.24) is 0 Å². The van der Waals surface area contributed by atoms with E-state index in [-0.39, 0.29) is 30.8 Å². The molecular weight excluding hydrogens is 484 g/mol. The van der Waals surface area contributed by atoms with E-state index in [2.05, 4.69) is 0 Å². The molecule has 0 amide bonds. The van der Waals surface area contributed by atoms with E-state index in [0.29, 0.717) is 11.3 Å². The van der Waals surface area contributed by atoms with Crippen LogP contribution in [0.1, 0.15) is 43.6 Å². The average molecular weight is 523 g/mol. The van der Waals surface area contributed by atoms with Gasteiger partial charge >= 0.3 is 5.97 Å². The summed E-state index contributed by atoms with van der Waals surface area (Å²) in [7, 11) is 4.52. The van der Waals surface area contributed by atoms with Gasteiger partial charge in [0.2, 0.25) is 0 Å². The lowest BCUT2D eigenvalue weighted by Gasteiger charge is -2.27. The second-order valence-corrected chi connectivity index (χ2v) is 9.45. The van der Waals surface area contributed by atoms with Crippen LogP contribution in [0.2, 0.25) is 0 Å². The maximum atomic E-state index is 13.4. The number of rotatable bonds is 7. The molecule has 37 heavy (non-hydrogen) atoms. The van der Waals surface area contributed by atoms with E-state index in [1.165, 1.54) is 21.3 Å². The highest BCUT2D eigenvalue weighted by atomic mass is 16.8. The molecule has 10 nitrogen and oxygen atoms in total. The first-order valence-corrected chi connectivity index (χ1v) is 12.2. The minimum absolute atomic E-state index is 0.0301. The molecule has 6 atom stereocenters. The fourth-order valence-electron chi connectivity index (χ4n) is 4.15. The van der Waals surface area contributed by atoms with Gasteiger partial charge in [0.05, 0.1) is 7.11 Å². The number of benzene rings is 1. The summed E-state index contributed by atoms with van der Waals surface area (Å²) < 4.78 is 45.3. The minimum Gasteiger partial charge on any atom is -0.497 e. The molecule has 0 aromatic heterocycles. The molecule has 1 N–H and O–H groups in total. The quantitative estimate of drug-likeness (QED) is 0.325. The number of aliphatic hydroxyl groups excluding tert-OH is 1. The third-order valence-electron chi connectivity index (χ3n) is 6.19. The predicted octanol–water partition coefficient (Wildman–Crippen LogP) is 3.31. The lowest BCUT2D eigenvalue weighted by atomic mass is 9.97. The molecule has 1 fully saturated rings. The fourth-order valence-corrected chi connectivity index (χ4v) is 4.15. The average Bonchev–Trinajstić information content (AvgIpc) is 3.19. The van der Waals surface area contributed by atoms with Gasteiger partial charge in [-0.3, -0.25) is 0 Å². The lowest BCUT2D eigenvalue weighted by Crippen LogP contribution is -2.42. The highest BCUT2D eigenvalue weighted by molar-refractivity contribution is 5.97. The molecule has 0 spiro atoms. The van der Waals surface area contributed by atoms with Gasteiger partial charge in [0.25, 0.3) is 0 Å². The SMILES string of the molecule is COCOc1cc(OC)cc2c1C(=O)O[C@@H](C)[C@H](C)C=CC(O)[C@H]1OC(C)(C)O[C@H]1C(OCOC)C=C2. The number of hydrogen-bond donors (Lipinski definition) is 1. The van der Waals surface area contributed by atoms with Gasteiger partial charge in [0, 0.05) is 26.2 Å². The smallest absolute Gasteiger partial charge is 0.342 e. The zero-order valence-corrected chi connectivity index (χ0v) is 22.5. The molecule has 1 aromatic carbocycles. The van der Waals surface area contributed by atoms with Crippen molar-refractivity contribution in [2.24, 2.45) is 5.92 Å². The lowest BCUT2D eigenvalue weighted by molar-refractivity contribution is -0.165. The third-order valence-corrected chi connectivity index (χ3v) is 6.19. The Bertz CT molecular complexity index is 972. The molecule has 0 bridgehead atoms. The van der Waals surface area contributed by atoms with Crippen molar-refractivity contribution in [2.75, 3.05) is 34.9 Å². The van der Waals surface area contributed by atoms with Crippen molar-refractivity contribution in [3.05, 3.63) is 41.5 Å². The zero-order valence-electron chi connectivity index (χ0n) is 22.5. The first-order chi connectivity index (χ1) is 17.6. The summed E-state index contributed by atoms with van der Waals surface area (Å²) in [4.78, 5) is 13.4. The van der Waals surface area contributed by atoms with Gasteiger partial charge < -0.3 is 43.0 Å². The van der Waals surface area contributed by atoms with E-state index in [9.17, 15) is 9.90 Å². The van der Waals surface area contributed by atoms with Gasteiger partial charge in [-0.15, -0.1) is 0 Å². The van der Waals surface area contributed by atoms with Gasteiger partial charge in [-0.25, -0.2) is 4.79 Å². The first kappa shape index (κ1) is 29.1. The molecule has 206 valence electrons. The summed E-state index contributed by atoms with van der Waals surface area (Å²) >= 11 is 0. The number of fused-ring (bicyclic) bond motifs is 2. The first-order valence-electron chi connectivity index (χ1n) is 12.2. The van der Waals surface area contributed by atoms with Crippen LogP contribution in [0.4, 0.5) is 0 Å². The van der Waals surface area contributed by atoms with Crippen molar-refractivity contribution >= 4 is 12.0 Å². The standard InChI is InChI=1S/C27H38O10/c1-16-8-10-20(28)24-25(37-27(3,4)36-24)21(33-14-30-5)11-9-18-12-19(32-7)13-22(34-15-31-6)23(18)26(29)35-17(16)2/h8-13,16-17,20-21,24-25,28H,14-15H2,1-7H3/t16-,17+,20?,21?,24-,25+/m1/s1. The second kappa shape index (κ2) is 12.9. The van der Waals surface area contributed by atoms with Crippen LogP contribution in [0.5, 0.6) is 11.5 Å². The summed E-state index contributed by atoms with van der Waals surface area (Å²) in [6.45, 7) is 7.12. The molecule has 3 rings (SSSR count). The van der Waals surface area contributed by atoms with Crippen LogP contribution in [-0.2, 0) is 28.4 Å². The van der Waals surface area contributed by atoms with E-state index in [1.807, 2.05) is 6.92 Å². The summed E-state index contributed by atoms with van der Waals surface area (Å²) in [5.74, 6) is -1.03. The van der Waals surface area contributed by atoms with E-state index in [1.54, 1.807) is 57.2 Å². The molecule has 0 aliphatic carbocycles. The molecule has 2 unspecified atom stereocenters. The highest BCUT2D eigenvalue weighted by Gasteiger charge is 2.47. The maximum Gasteiger partial charge on any atom is 0.342 e. The van der Waals surface area contributed by atoms with E-state index in [4.69, 9.17) is 37.9 Å². The van der Waals surface area contributed by atoms with Crippen LogP contribution in [0.25, 0.3) is 6.08 Å². The third kappa shape index (κ3) is 7.31. The van der Waals surface area contributed by atoms with Crippen LogP contribution >= 0.6 is 0 Å². The molecule has 2 heterocycles. The van der Waals surface area contributed by atoms with Crippen LogP contribution < -0.4 is 9.47 Å². The van der Waals surface area contributed by atoms with Gasteiger partial charge in [-0.05, 0) is 32.4 Å². The molecule has 1 aromatic rings. The van der Waals surface area contributed by atoms with Crippen LogP contribution in [0.3, 0.4) is 0 Å². The Morgan fingerprint density at radius 3 is 2.35 bits per heavy atom. The Hall–Kier alpha value is -2.47. The highest BCUT2D eigenvalue weighted by Crippen LogP contribution is 2.36. The van der Waals surface area contributed by atoms with Crippen LogP contribution in [-0.4, -0.2) is 82.3 Å². The van der Waals surface area contributed by atoms with Gasteiger partial charge in [-0.1, -0.05) is 31.2 Å².